The van der Waals surface area contributed by atoms with Gasteiger partial charge in [0.05, 0.1) is 5.60 Å². The molecule has 2 rings (SSSR count). The van der Waals surface area contributed by atoms with Gasteiger partial charge in [-0.2, -0.15) is 4.31 Å². The summed E-state index contributed by atoms with van der Waals surface area (Å²) in [5.74, 6) is 0.277. The van der Waals surface area contributed by atoms with Crippen molar-refractivity contribution in [3.63, 3.8) is 0 Å². The van der Waals surface area contributed by atoms with Gasteiger partial charge in [-0.05, 0) is 31.9 Å². The standard InChI is InChI=1S/C11H17N3O3S/c1-11(15)5-2-6-14(8-11)18(16,17)9-3-4-10(12)13-7-9/h3-4,7,15H,2,5-6,8H2,1H3,(H2,12,13). The van der Waals surface area contributed by atoms with Crippen molar-refractivity contribution >= 4 is 15.8 Å². The van der Waals surface area contributed by atoms with Crippen LogP contribution in [0.3, 0.4) is 0 Å². The lowest BCUT2D eigenvalue weighted by atomic mass is 9.97. The summed E-state index contributed by atoms with van der Waals surface area (Å²) in [6, 6.07) is 2.88. The third-order valence-electron chi connectivity index (χ3n) is 3.04. The molecular formula is C11H17N3O3S. The van der Waals surface area contributed by atoms with Gasteiger partial charge in [0.1, 0.15) is 10.7 Å². The predicted octanol–water partition coefficient (Wildman–Crippen LogP) is 0.199. The van der Waals surface area contributed by atoms with Crippen LogP contribution >= 0.6 is 0 Å². The minimum atomic E-state index is -3.59. The van der Waals surface area contributed by atoms with Gasteiger partial charge in [-0.15, -0.1) is 0 Å². The summed E-state index contributed by atoms with van der Waals surface area (Å²) >= 11 is 0. The number of nitrogens with zero attached hydrogens (tertiary/aromatic N) is 2. The number of anilines is 1. The normalized spacial score (nSPS) is 26.1. The maximum Gasteiger partial charge on any atom is 0.244 e. The summed E-state index contributed by atoms with van der Waals surface area (Å²) in [5, 5.41) is 9.96. The molecule has 0 amide bonds. The van der Waals surface area contributed by atoms with E-state index in [1.54, 1.807) is 6.92 Å². The van der Waals surface area contributed by atoms with Crippen LogP contribution in [0.15, 0.2) is 23.2 Å². The zero-order valence-corrected chi connectivity index (χ0v) is 11.0. The molecule has 0 spiro atoms. The number of piperidine rings is 1. The fraction of sp³-hybridized carbons (Fsp3) is 0.545. The minimum absolute atomic E-state index is 0.106. The van der Waals surface area contributed by atoms with E-state index in [1.165, 1.54) is 22.6 Å². The average molecular weight is 271 g/mol. The number of nitrogens with two attached hydrogens (primary N) is 1. The van der Waals surface area contributed by atoms with Crippen LogP contribution in [-0.4, -0.2) is 41.5 Å². The van der Waals surface area contributed by atoms with Crippen molar-refractivity contribution in [3.05, 3.63) is 18.3 Å². The van der Waals surface area contributed by atoms with Gasteiger partial charge in [-0.1, -0.05) is 0 Å². The van der Waals surface area contributed by atoms with Crippen molar-refractivity contribution < 1.29 is 13.5 Å². The molecule has 1 fully saturated rings. The zero-order chi connectivity index (χ0) is 13.4. The Balaban J connectivity index is 2.28. The van der Waals surface area contributed by atoms with Crippen molar-refractivity contribution in [1.82, 2.24) is 9.29 Å². The highest BCUT2D eigenvalue weighted by molar-refractivity contribution is 7.89. The summed E-state index contributed by atoms with van der Waals surface area (Å²) in [5.41, 5.74) is 4.47. The summed E-state index contributed by atoms with van der Waals surface area (Å²) in [6.45, 7) is 2.18. The van der Waals surface area contributed by atoms with E-state index >= 15 is 0 Å². The fourth-order valence-corrected chi connectivity index (χ4v) is 3.61. The molecule has 6 nitrogen and oxygen atoms in total. The van der Waals surface area contributed by atoms with Crippen molar-refractivity contribution in [2.24, 2.45) is 0 Å². The largest absolute Gasteiger partial charge is 0.389 e. The molecule has 100 valence electrons. The first-order valence-corrected chi connectivity index (χ1v) is 7.19. The lowest BCUT2D eigenvalue weighted by molar-refractivity contribution is 0.00939. The molecule has 0 aliphatic carbocycles. The second-order valence-corrected chi connectivity index (χ2v) is 6.80. The Labute approximate surface area is 106 Å². The van der Waals surface area contributed by atoms with Crippen LogP contribution < -0.4 is 5.73 Å². The van der Waals surface area contributed by atoms with Gasteiger partial charge < -0.3 is 10.8 Å². The lowest BCUT2D eigenvalue weighted by Gasteiger charge is -2.35. The first-order chi connectivity index (χ1) is 8.31. The maximum atomic E-state index is 12.3. The lowest BCUT2D eigenvalue weighted by Crippen LogP contribution is -2.48. The van der Waals surface area contributed by atoms with Crippen LogP contribution in [0.5, 0.6) is 0 Å². The third kappa shape index (κ3) is 2.63. The zero-order valence-electron chi connectivity index (χ0n) is 10.2. The molecule has 0 aromatic carbocycles. The van der Waals surface area contributed by atoms with Gasteiger partial charge in [0.25, 0.3) is 0 Å². The average Bonchev–Trinajstić information content (AvgIpc) is 2.28. The third-order valence-corrected chi connectivity index (χ3v) is 4.87. The Morgan fingerprint density at radius 1 is 1.50 bits per heavy atom. The Morgan fingerprint density at radius 3 is 2.78 bits per heavy atom. The molecule has 1 aliphatic rings. The van der Waals surface area contributed by atoms with Crippen LogP contribution in [-0.2, 0) is 10.0 Å². The number of sulfonamides is 1. The van der Waals surface area contributed by atoms with E-state index in [2.05, 4.69) is 4.98 Å². The van der Waals surface area contributed by atoms with Crippen LogP contribution in [0, 0.1) is 0 Å². The SMILES string of the molecule is CC1(O)CCCN(S(=O)(=O)c2ccc(N)nc2)C1. The molecule has 3 N–H and O–H groups in total. The molecule has 1 aliphatic heterocycles. The monoisotopic (exact) mass is 271 g/mol. The summed E-state index contributed by atoms with van der Waals surface area (Å²) < 4.78 is 25.9. The molecule has 1 saturated heterocycles. The highest BCUT2D eigenvalue weighted by atomic mass is 32.2. The van der Waals surface area contributed by atoms with Gasteiger partial charge in [-0.3, -0.25) is 0 Å². The first kappa shape index (κ1) is 13.3. The number of aliphatic hydroxyl groups is 1. The Hall–Kier alpha value is -1.18. The molecule has 0 saturated carbocycles. The van der Waals surface area contributed by atoms with E-state index in [4.69, 9.17) is 5.73 Å². The number of β-amino-alcohol motifs (C(OH)–C–C–N with tert-alkyl or cyclic N) is 1. The number of pyridine rings is 1. The van der Waals surface area contributed by atoms with Crippen LogP contribution in [0.4, 0.5) is 5.82 Å². The molecular weight excluding hydrogens is 254 g/mol. The first-order valence-electron chi connectivity index (χ1n) is 5.75. The fourth-order valence-electron chi connectivity index (χ4n) is 2.07. The van der Waals surface area contributed by atoms with E-state index in [-0.39, 0.29) is 17.3 Å². The molecule has 1 aromatic heterocycles. The molecule has 0 radical (unpaired) electrons. The van der Waals surface area contributed by atoms with Crippen molar-refractivity contribution in [1.29, 1.82) is 0 Å². The highest BCUT2D eigenvalue weighted by Crippen LogP contribution is 2.25. The summed E-state index contributed by atoms with van der Waals surface area (Å²) in [7, 11) is -3.59. The second kappa shape index (κ2) is 4.49. The van der Waals surface area contributed by atoms with E-state index in [0.717, 1.165) is 0 Å². The number of aromatic nitrogens is 1. The van der Waals surface area contributed by atoms with Crippen molar-refractivity contribution in [2.45, 2.75) is 30.3 Å². The van der Waals surface area contributed by atoms with Crippen LogP contribution in [0.2, 0.25) is 0 Å². The molecule has 7 heteroatoms. The molecule has 0 bridgehead atoms. The van der Waals surface area contributed by atoms with Gasteiger partial charge in [-0.25, -0.2) is 13.4 Å². The number of hydrogen-bond donors (Lipinski definition) is 2. The van der Waals surface area contributed by atoms with Gasteiger partial charge in [0, 0.05) is 19.3 Å². The maximum absolute atomic E-state index is 12.3. The molecule has 2 heterocycles. The van der Waals surface area contributed by atoms with Gasteiger partial charge >= 0.3 is 0 Å². The Morgan fingerprint density at radius 2 is 2.22 bits per heavy atom. The molecule has 1 aromatic rings. The van der Waals surface area contributed by atoms with E-state index < -0.39 is 15.6 Å². The van der Waals surface area contributed by atoms with Gasteiger partial charge in [0.2, 0.25) is 10.0 Å². The molecule has 1 atom stereocenters. The summed E-state index contributed by atoms with van der Waals surface area (Å²) in [6.07, 6.45) is 2.50. The molecule has 1 unspecified atom stereocenters. The van der Waals surface area contributed by atoms with E-state index in [1.807, 2.05) is 0 Å². The predicted molar refractivity (Wildman–Crippen MR) is 67.3 cm³/mol. The molecule has 18 heavy (non-hydrogen) atoms. The Kier molecular flexibility index (Phi) is 3.31. The van der Waals surface area contributed by atoms with Crippen LogP contribution in [0.25, 0.3) is 0 Å². The summed E-state index contributed by atoms with van der Waals surface area (Å²) in [4.78, 5) is 3.89. The Bertz CT molecular complexity index is 525. The van der Waals surface area contributed by atoms with E-state index in [0.29, 0.717) is 19.4 Å². The highest BCUT2D eigenvalue weighted by Gasteiger charge is 2.35. The minimum Gasteiger partial charge on any atom is -0.389 e. The number of rotatable bonds is 2. The number of nitrogen functional groups attached to an aromatic ring is 1. The van der Waals surface area contributed by atoms with Crippen LogP contribution in [0.1, 0.15) is 19.8 Å². The van der Waals surface area contributed by atoms with Crippen molar-refractivity contribution in [3.8, 4) is 0 Å². The van der Waals surface area contributed by atoms with E-state index in [9.17, 15) is 13.5 Å². The quantitative estimate of drug-likeness (QED) is 0.801. The smallest absolute Gasteiger partial charge is 0.244 e. The van der Waals surface area contributed by atoms with Gasteiger partial charge in [0.15, 0.2) is 0 Å². The number of hydrogen-bond acceptors (Lipinski definition) is 5. The van der Waals surface area contributed by atoms with Crippen molar-refractivity contribution in [2.75, 3.05) is 18.8 Å². The second-order valence-electron chi connectivity index (χ2n) is 4.86. The topological polar surface area (TPSA) is 96.5 Å².